The number of nitrogens with one attached hydrogen (secondary N) is 1. The van der Waals surface area contributed by atoms with Crippen LogP contribution in [0.25, 0.3) is 0 Å². The molecule has 21 heavy (non-hydrogen) atoms. The molecule has 0 fully saturated rings. The first kappa shape index (κ1) is 17.5. The second kappa shape index (κ2) is 10.2. The van der Waals surface area contributed by atoms with Crippen LogP contribution in [0.4, 0.5) is 0 Å². The van der Waals surface area contributed by atoms with Gasteiger partial charge in [-0.1, -0.05) is 19.4 Å². The maximum atomic E-state index is 10.8. The van der Waals surface area contributed by atoms with E-state index in [1.165, 1.54) is 12.1 Å². The molecule has 0 aliphatic carbocycles. The summed E-state index contributed by atoms with van der Waals surface area (Å²) in [4.78, 5) is 10.8. The number of carbonyl (C=O) groups is 1. The largest absolute Gasteiger partial charge is 0.492 e. The summed E-state index contributed by atoms with van der Waals surface area (Å²) in [5, 5.41) is 21.2. The molecule has 5 nitrogen and oxygen atoms in total. The van der Waals surface area contributed by atoms with E-state index in [0.717, 1.165) is 25.8 Å². The van der Waals surface area contributed by atoms with Gasteiger partial charge in [-0.05, 0) is 43.5 Å². The molecule has 0 saturated heterocycles. The maximum absolute atomic E-state index is 10.8. The Labute approximate surface area is 125 Å². The Hall–Kier alpha value is -1.59. The van der Waals surface area contributed by atoms with Gasteiger partial charge < -0.3 is 20.3 Å². The van der Waals surface area contributed by atoms with Gasteiger partial charge in [0.1, 0.15) is 12.4 Å². The van der Waals surface area contributed by atoms with Crippen LogP contribution >= 0.6 is 0 Å². The number of rotatable bonds is 11. The van der Waals surface area contributed by atoms with Crippen molar-refractivity contribution < 1.29 is 19.7 Å². The summed E-state index contributed by atoms with van der Waals surface area (Å²) in [5.74, 6) is 0.109. The van der Waals surface area contributed by atoms with Gasteiger partial charge in [0.05, 0.1) is 5.56 Å². The van der Waals surface area contributed by atoms with E-state index >= 15 is 0 Å². The second-order valence-corrected chi connectivity index (χ2v) is 5.05. The van der Waals surface area contributed by atoms with Crippen molar-refractivity contribution in [2.24, 2.45) is 5.92 Å². The number of carboxylic acids is 1. The molecule has 0 aliphatic rings. The molecule has 0 radical (unpaired) electrons. The first-order valence-electron chi connectivity index (χ1n) is 7.45. The minimum Gasteiger partial charge on any atom is -0.492 e. The van der Waals surface area contributed by atoms with Crippen LogP contribution in [0.15, 0.2) is 24.3 Å². The number of hydrogen-bond acceptors (Lipinski definition) is 4. The van der Waals surface area contributed by atoms with E-state index in [4.69, 9.17) is 14.9 Å². The van der Waals surface area contributed by atoms with Crippen LogP contribution in [0.3, 0.4) is 0 Å². The number of aliphatic hydroxyl groups is 1. The van der Waals surface area contributed by atoms with Gasteiger partial charge in [0, 0.05) is 13.2 Å². The monoisotopic (exact) mass is 295 g/mol. The quantitative estimate of drug-likeness (QED) is 0.545. The van der Waals surface area contributed by atoms with Crippen molar-refractivity contribution in [2.75, 3.05) is 26.3 Å². The zero-order valence-electron chi connectivity index (χ0n) is 12.5. The van der Waals surface area contributed by atoms with E-state index in [1.54, 1.807) is 12.1 Å². The van der Waals surface area contributed by atoms with E-state index in [9.17, 15) is 4.79 Å². The van der Waals surface area contributed by atoms with E-state index in [1.807, 2.05) is 0 Å². The molecule has 0 heterocycles. The van der Waals surface area contributed by atoms with E-state index in [2.05, 4.69) is 12.2 Å². The summed E-state index contributed by atoms with van der Waals surface area (Å²) in [6.07, 6.45) is 3.04. The van der Waals surface area contributed by atoms with Crippen molar-refractivity contribution in [3.8, 4) is 5.75 Å². The summed E-state index contributed by atoms with van der Waals surface area (Å²) in [5.41, 5.74) is 0.228. The van der Waals surface area contributed by atoms with E-state index in [0.29, 0.717) is 24.8 Å². The van der Waals surface area contributed by atoms with Gasteiger partial charge in [0.25, 0.3) is 0 Å². The average Bonchev–Trinajstić information content (AvgIpc) is 2.47. The minimum atomic E-state index is -0.954. The number of aromatic carboxylic acids is 1. The van der Waals surface area contributed by atoms with Gasteiger partial charge >= 0.3 is 5.97 Å². The molecule has 3 N–H and O–H groups in total. The maximum Gasteiger partial charge on any atom is 0.335 e. The van der Waals surface area contributed by atoms with Gasteiger partial charge in [-0.25, -0.2) is 4.79 Å². The normalized spacial score (nSPS) is 12.1. The predicted octanol–water partition coefficient (Wildman–Crippen LogP) is 2.15. The molecular formula is C16H25NO4. The van der Waals surface area contributed by atoms with Crippen LogP contribution in [0.5, 0.6) is 5.75 Å². The third-order valence-electron chi connectivity index (χ3n) is 3.30. The summed E-state index contributed by atoms with van der Waals surface area (Å²) in [6, 6.07) is 6.48. The minimum absolute atomic E-state index is 0.227. The Balaban J connectivity index is 2.24. The molecule has 0 amide bonds. The average molecular weight is 295 g/mol. The van der Waals surface area contributed by atoms with Gasteiger partial charge in [-0.2, -0.15) is 0 Å². The highest BCUT2D eigenvalue weighted by molar-refractivity contribution is 5.87. The zero-order valence-corrected chi connectivity index (χ0v) is 12.5. The Kier molecular flexibility index (Phi) is 8.47. The highest BCUT2D eigenvalue weighted by atomic mass is 16.5. The lowest BCUT2D eigenvalue weighted by molar-refractivity contribution is 0.0696. The Bertz CT molecular complexity index is 416. The lowest BCUT2D eigenvalue weighted by Crippen LogP contribution is -2.27. The molecule has 118 valence electrons. The van der Waals surface area contributed by atoms with Gasteiger partial charge in [-0.15, -0.1) is 0 Å². The first-order valence-corrected chi connectivity index (χ1v) is 7.45. The van der Waals surface area contributed by atoms with Crippen molar-refractivity contribution in [1.29, 1.82) is 0 Å². The van der Waals surface area contributed by atoms with Crippen LogP contribution in [0.1, 0.15) is 36.5 Å². The van der Waals surface area contributed by atoms with Crippen molar-refractivity contribution in [3.63, 3.8) is 0 Å². The van der Waals surface area contributed by atoms with Crippen LogP contribution in [0.2, 0.25) is 0 Å². The number of carboxylic acid groups (broad SMARTS) is 1. The molecule has 1 aromatic rings. The van der Waals surface area contributed by atoms with Crippen molar-refractivity contribution in [1.82, 2.24) is 5.32 Å². The number of benzene rings is 1. The lowest BCUT2D eigenvalue weighted by Gasteiger charge is -2.15. The number of aliphatic hydroxyl groups excluding tert-OH is 1. The molecule has 0 bridgehead atoms. The van der Waals surface area contributed by atoms with Crippen LogP contribution in [-0.4, -0.2) is 42.5 Å². The van der Waals surface area contributed by atoms with E-state index < -0.39 is 5.97 Å². The molecular weight excluding hydrogens is 270 g/mol. The molecule has 0 aliphatic heterocycles. The summed E-state index contributed by atoms with van der Waals surface area (Å²) in [7, 11) is 0. The topological polar surface area (TPSA) is 78.8 Å². The summed E-state index contributed by atoms with van der Waals surface area (Å²) in [6.45, 7) is 4.42. The fourth-order valence-corrected chi connectivity index (χ4v) is 2.21. The van der Waals surface area contributed by atoms with E-state index in [-0.39, 0.29) is 12.2 Å². The third kappa shape index (κ3) is 7.11. The lowest BCUT2D eigenvalue weighted by atomic mass is 10.0. The predicted molar refractivity (Wildman–Crippen MR) is 81.9 cm³/mol. The smallest absolute Gasteiger partial charge is 0.335 e. The van der Waals surface area contributed by atoms with Gasteiger partial charge in [0.2, 0.25) is 0 Å². The van der Waals surface area contributed by atoms with Crippen LogP contribution in [-0.2, 0) is 0 Å². The Morgan fingerprint density at radius 2 is 2.19 bits per heavy atom. The Morgan fingerprint density at radius 3 is 2.86 bits per heavy atom. The Morgan fingerprint density at radius 1 is 1.38 bits per heavy atom. The third-order valence-corrected chi connectivity index (χ3v) is 3.30. The SMILES string of the molecule is CCCC(CCO)CNCCOc1cccc(C(=O)O)c1. The number of ether oxygens (including phenoxy) is 1. The van der Waals surface area contributed by atoms with Gasteiger partial charge in [0.15, 0.2) is 0 Å². The van der Waals surface area contributed by atoms with Crippen LogP contribution in [0, 0.1) is 5.92 Å². The molecule has 0 saturated carbocycles. The fraction of sp³-hybridized carbons (Fsp3) is 0.562. The summed E-state index contributed by atoms with van der Waals surface area (Å²) >= 11 is 0. The molecule has 0 spiro atoms. The van der Waals surface area contributed by atoms with Gasteiger partial charge in [-0.3, -0.25) is 0 Å². The molecule has 1 rings (SSSR count). The summed E-state index contributed by atoms with van der Waals surface area (Å²) < 4.78 is 5.52. The zero-order chi connectivity index (χ0) is 15.5. The molecule has 1 atom stereocenters. The molecule has 5 heteroatoms. The highest BCUT2D eigenvalue weighted by Crippen LogP contribution is 2.13. The highest BCUT2D eigenvalue weighted by Gasteiger charge is 2.06. The molecule has 0 aromatic heterocycles. The standard InChI is InChI=1S/C16H25NO4/c1-2-4-13(7-9-18)12-17-8-10-21-15-6-3-5-14(11-15)16(19)20/h3,5-6,11,13,17-18H,2,4,7-10,12H2,1H3,(H,19,20). The second-order valence-electron chi connectivity index (χ2n) is 5.05. The fourth-order valence-electron chi connectivity index (χ4n) is 2.21. The first-order chi connectivity index (χ1) is 10.2. The number of hydrogen-bond donors (Lipinski definition) is 3. The molecule has 1 unspecified atom stereocenters. The van der Waals surface area contributed by atoms with Crippen molar-refractivity contribution in [3.05, 3.63) is 29.8 Å². The van der Waals surface area contributed by atoms with Crippen LogP contribution < -0.4 is 10.1 Å². The molecule has 1 aromatic carbocycles. The van der Waals surface area contributed by atoms with Crippen molar-refractivity contribution in [2.45, 2.75) is 26.2 Å². The van der Waals surface area contributed by atoms with Crippen molar-refractivity contribution >= 4 is 5.97 Å².